The molecule has 7 heteroatoms. The summed E-state index contributed by atoms with van der Waals surface area (Å²) in [5.41, 5.74) is 7.09. The summed E-state index contributed by atoms with van der Waals surface area (Å²) in [7, 11) is 0. The van der Waals surface area contributed by atoms with Gasteiger partial charge in [-0.2, -0.15) is 0 Å². The number of hydrogen-bond acceptors (Lipinski definition) is 4. The lowest BCUT2D eigenvalue weighted by Crippen LogP contribution is -2.32. The number of amides is 1. The number of nitrogens with two attached hydrogens (primary N) is 1. The molecule has 0 aliphatic carbocycles. The van der Waals surface area contributed by atoms with Crippen molar-refractivity contribution in [2.75, 3.05) is 5.32 Å². The first-order valence-corrected chi connectivity index (χ1v) is 5.61. The second-order valence-electron chi connectivity index (χ2n) is 4.08. The number of nitrogens with one attached hydrogen (secondary N) is 1. The highest BCUT2D eigenvalue weighted by atomic mass is 35.5. The molecule has 1 aromatic carbocycles. The number of carbonyl (C=O) groups is 1. The lowest BCUT2D eigenvalue weighted by molar-refractivity contribution is -0.117. The van der Waals surface area contributed by atoms with E-state index in [1.807, 2.05) is 35.8 Å². The fraction of sp³-hybridized carbons (Fsp3) is 0.250. The summed E-state index contributed by atoms with van der Waals surface area (Å²) in [6.07, 6.45) is 1.63. The first-order valence-electron chi connectivity index (χ1n) is 5.61. The molecule has 0 saturated heterocycles. The summed E-state index contributed by atoms with van der Waals surface area (Å²) in [4.78, 5) is 11.5. The van der Waals surface area contributed by atoms with Crippen LogP contribution in [0.5, 0.6) is 0 Å². The third-order valence-corrected chi connectivity index (χ3v) is 2.52. The topological polar surface area (TPSA) is 85.8 Å². The first kappa shape index (κ1) is 15.1. The number of carbonyl (C=O) groups excluding carboxylic acids is 1. The molecular weight excluding hydrogens is 266 g/mol. The maximum absolute atomic E-state index is 11.5. The van der Waals surface area contributed by atoms with E-state index in [1.165, 1.54) is 0 Å². The van der Waals surface area contributed by atoms with Crippen molar-refractivity contribution in [1.82, 2.24) is 14.8 Å². The number of benzene rings is 1. The molecule has 1 aromatic heterocycles. The molecule has 0 saturated carbocycles. The van der Waals surface area contributed by atoms with Crippen molar-refractivity contribution in [1.29, 1.82) is 0 Å². The van der Waals surface area contributed by atoms with Gasteiger partial charge in [-0.25, -0.2) is 0 Å². The summed E-state index contributed by atoms with van der Waals surface area (Å²) in [6, 6.07) is 6.88. The third kappa shape index (κ3) is 3.52. The minimum atomic E-state index is -0.537. The van der Waals surface area contributed by atoms with Gasteiger partial charge in [-0.15, -0.1) is 22.6 Å². The van der Waals surface area contributed by atoms with Gasteiger partial charge in [0, 0.05) is 5.69 Å². The summed E-state index contributed by atoms with van der Waals surface area (Å²) in [5.74, 6) is 0.568. The Hall–Kier alpha value is -1.92. The van der Waals surface area contributed by atoms with E-state index in [4.69, 9.17) is 5.73 Å². The molecule has 2 aromatic rings. The van der Waals surface area contributed by atoms with E-state index in [-0.39, 0.29) is 18.3 Å². The van der Waals surface area contributed by atoms with Crippen LogP contribution in [-0.4, -0.2) is 26.7 Å². The van der Waals surface area contributed by atoms with Crippen LogP contribution in [0.15, 0.2) is 30.6 Å². The normalized spacial score (nSPS) is 11.5. The SMILES string of the molecule is Cc1nncn1-c1cccc(NC(=O)C(C)N)c1.Cl. The Morgan fingerprint density at radius 2 is 2.21 bits per heavy atom. The van der Waals surface area contributed by atoms with Crippen LogP contribution in [0.1, 0.15) is 12.7 Å². The molecule has 0 aliphatic heterocycles. The lowest BCUT2D eigenvalue weighted by Gasteiger charge is -2.10. The molecule has 1 unspecified atom stereocenters. The average molecular weight is 282 g/mol. The van der Waals surface area contributed by atoms with E-state index in [0.717, 1.165) is 11.5 Å². The summed E-state index contributed by atoms with van der Waals surface area (Å²) < 4.78 is 1.83. The molecule has 0 aliphatic rings. The van der Waals surface area contributed by atoms with Gasteiger partial charge in [-0.3, -0.25) is 9.36 Å². The van der Waals surface area contributed by atoms with E-state index in [1.54, 1.807) is 13.3 Å². The van der Waals surface area contributed by atoms with Gasteiger partial charge in [0.15, 0.2) is 0 Å². The molecule has 0 radical (unpaired) electrons. The zero-order valence-electron chi connectivity index (χ0n) is 10.7. The van der Waals surface area contributed by atoms with Crippen molar-refractivity contribution >= 4 is 24.0 Å². The van der Waals surface area contributed by atoms with E-state index >= 15 is 0 Å². The molecule has 1 atom stereocenters. The number of rotatable bonds is 3. The Morgan fingerprint density at radius 3 is 2.79 bits per heavy atom. The van der Waals surface area contributed by atoms with Crippen LogP contribution in [0.4, 0.5) is 5.69 Å². The Labute approximate surface area is 117 Å². The van der Waals surface area contributed by atoms with Gasteiger partial charge in [0.2, 0.25) is 5.91 Å². The van der Waals surface area contributed by atoms with Crippen molar-refractivity contribution < 1.29 is 4.79 Å². The molecular formula is C12H16ClN5O. The monoisotopic (exact) mass is 281 g/mol. The van der Waals surface area contributed by atoms with E-state index in [9.17, 15) is 4.79 Å². The zero-order valence-corrected chi connectivity index (χ0v) is 11.5. The minimum Gasteiger partial charge on any atom is -0.325 e. The molecule has 0 spiro atoms. The highest BCUT2D eigenvalue weighted by Crippen LogP contribution is 2.15. The second kappa shape index (κ2) is 6.31. The van der Waals surface area contributed by atoms with Crippen LogP contribution in [0, 0.1) is 6.92 Å². The molecule has 1 heterocycles. The van der Waals surface area contributed by atoms with Gasteiger partial charge in [0.05, 0.1) is 11.7 Å². The lowest BCUT2D eigenvalue weighted by atomic mass is 10.2. The van der Waals surface area contributed by atoms with Gasteiger partial charge in [-0.1, -0.05) is 6.07 Å². The minimum absolute atomic E-state index is 0. The third-order valence-electron chi connectivity index (χ3n) is 2.52. The molecule has 102 valence electrons. The quantitative estimate of drug-likeness (QED) is 0.887. The van der Waals surface area contributed by atoms with E-state index in [2.05, 4.69) is 15.5 Å². The van der Waals surface area contributed by atoms with Crippen molar-refractivity contribution in [3.8, 4) is 5.69 Å². The maximum Gasteiger partial charge on any atom is 0.240 e. The predicted octanol–water partition coefficient (Wildman–Crippen LogP) is 1.28. The molecule has 3 N–H and O–H groups in total. The van der Waals surface area contributed by atoms with Crippen molar-refractivity contribution in [3.63, 3.8) is 0 Å². The molecule has 1 amide bonds. The Balaban J connectivity index is 0.00000180. The largest absolute Gasteiger partial charge is 0.325 e. The smallest absolute Gasteiger partial charge is 0.240 e. The molecule has 0 fully saturated rings. The standard InChI is InChI=1S/C12H15N5O.ClH/c1-8(13)12(18)15-10-4-3-5-11(6-10)17-7-14-16-9(17)2;/h3-8H,13H2,1-2H3,(H,15,18);1H. The zero-order chi connectivity index (χ0) is 13.1. The molecule has 19 heavy (non-hydrogen) atoms. The molecule has 0 bridgehead atoms. The number of halogens is 1. The maximum atomic E-state index is 11.5. The van der Waals surface area contributed by atoms with Crippen LogP contribution in [0.2, 0.25) is 0 Å². The van der Waals surface area contributed by atoms with Gasteiger partial charge in [0.1, 0.15) is 12.2 Å². The Bertz CT molecular complexity index is 567. The Kier molecular flexibility index (Phi) is 5.02. The highest BCUT2D eigenvalue weighted by Gasteiger charge is 2.08. The Morgan fingerprint density at radius 1 is 1.47 bits per heavy atom. The predicted molar refractivity (Wildman–Crippen MR) is 75.6 cm³/mol. The van der Waals surface area contributed by atoms with Gasteiger partial charge < -0.3 is 11.1 Å². The van der Waals surface area contributed by atoms with Gasteiger partial charge in [0.25, 0.3) is 0 Å². The fourth-order valence-corrected chi connectivity index (χ4v) is 1.54. The van der Waals surface area contributed by atoms with Gasteiger partial charge in [-0.05, 0) is 32.0 Å². The number of anilines is 1. The number of hydrogen-bond donors (Lipinski definition) is 2. The summed E-state index contributed by atoms with van der Waals surface area (Å²) in [5, 5.41) is 10.5. The fourth-order valence-electron chi connectivity index (χ4n) is 1.54. The van der Waals surface area contributed by atoms with E-state index < -0.39 is 6.04 Å². The van der Waals surface area contributed by atoms with Crippen LogP contribution in [-0.2, 0) is 4.79 Å². The second-order valence-corrected chi connectivity index (χ2v) is 4.08. The summed E-state index contributed by atoms with van der Waals surface area (Å²) in [6.45, 7) is 3.50. The van der Waals surface area contributed by atoms with Crippen molar-refractivity contribution in [2.24, 2.45) is 5.73 Å². The highest BCUT2D eigenvalue weighted by molar-refractivity contribution is 5.94. The van der Waals surface area contributed by atoms with Crippen LogP contribution >= 0.6 is 12.4 Å². The van der Waals surface area contributed by atoms with Crippen LogP contribution < -0.4 is 11.1 Å². The number of aromatic nitrogens is 3. The van der Waals surface area contributed by atoms with Gasteiger partial charge >= 0.3 is 0 Å². The van der Waals surface area contributed by atoms with Crippen LogP contribution in [0.3, 0.4) is 0 Å². The van der Waals surface area contributed by atoms with Crippen molar-refractivity contribution in [2.45, 2.75) is 19.9 Å². The number of nitrogens with zero attached hydrogens (tertiary/aromatic N) is 3. The number of aryl methyl sites for hydroxylation is 1. The molecule has 2 rings (SSSR count). The van der Waals surface area contributed by atoms with Crippen molar-refractivity contribution in [3.05, 3.63) is 36.4 Å². The van der Waals surface area contributed by atoms with E-state index in [0.29, 0.717) is 5.69 Å². The molecule has 6 nitrogen and oxygen atoms in total. The summed E-state index contributed by atoms with van der Waals surface area (Å²) >= 11 is 0. The first-order chi connectivity index (χ1) is 8.58. The average Bonchev–Trinajstić information content (AvgIpc) is 2.75. The van der Waals surface area contributed by atoms with Crippen LogP contribution in [0.25, 0.3) is 5.69 Å².